The van der Waals surface area contributed by atoms with Crippen LogP contribution in [-0.4, -0.2) is 56.8 Å². The van der Waals surface area contributed by atoms with Gasteiger partial charge in [-0.15, -0.1) is 10.9 Å². The normalized spacial score (nSPS) is 11.0. The van der Waals surface area contributed by atoms with Crippen molar-refractivity contribution in [2.45, 2.75) is 0 Å². The van der Waals surface area contributed by atoms with E-state index in [1.807, 2.05) is 55.1 Å². The minimum atomic E-state index is -0.267. The van der Waals surface area contributed by atoms with Crippen LogP contribution < -0.4 is 27.2 Å². The standard InChI is InChI=1S/C19H18B4ClN5O/c1-29-7-25-6-11(29)10-2-8-3-12(27-5-9(8)4-26-10)28-19(30)13-14(20)15(21)16(22)17(23)18(13)24/h2-7H,20-23H2,1H3,(H,27,28,30). The molecule has 0 fully saturated rings. The molecule has 0 bridgehead atoms. The van der Waals surface area contributed by atoms with Crippen molar-refractivity contribution in [1.29, 1.82) is 0 Å². The molecule has 6 nitrogen and oxygen atoms in total. The Kier molecular flexibility index (Phi) is 5.20. The number of carbonyl (C=O) groups is 1. The number of rotatable bonds is 3. The molecule has 1 aromatic carbocycles. The Morgan fingerprint density at radius 1 is 0.967 bits per heavy atom. The molecule has 3 aromatic heterocycles. The first-order valence-electron chi connectivity index (χ1n) is 9.57. The molecule has 1 N–H and O–H groups in total. The van der Waals surface area contributed by atoms with Crippen molar-refractivity contribution in [2.24, 2.45) is 7.05 Å². The van der Waals surface area contributed by atoms with Gasteiger partial charge in [-0.3, -0.25) is 9.78 Å². The van der Waals surface area contributed by atoms with Gasteiger partial charge in [0.2, 0.25) is 0 Å². The van der Waals surface area contributed by atoms with Crippen LogP contribution in [0.1, 0.15) is 10.4 Å². The average Bonchev–Trinajstić information content (AvgIpc) is 3.16. The van der Waals surface area contributed by atoms with Gasteiger partial charge in [0.05, 0.1) is 29.5 Å². The van der Waals surface area contributed by atoms with Crippen molar-refractivity contribution in [2.75, 3.05) is 5.32 Å². The van der Waals surface area contributed by atoms with Crippen LogP contribution in [0.15, 0.2) is 37.1 Å². The Labute approximate surface area is 183 Å². The molecule has 0 saturated heterocycles. The number of nitrogens with one attached hydrogen (secondary N) is 1. The molecule has 11 heteroatoms. The number of anilines is 1. The number of carbonyl (C=O) groups excluding carboxylic acids is 1. The summed E-state index contributed by atoms with van der Waals surface area (Å²) in [5, 5.41) is 5.19. The van der Waals surface area contributed by atoms with Gasteiger partial charge in [-0.05, 0) is 17.5 Å². The molecule has 4 aromatic rings. The smallest absolute Gasteiger partial charge is 0.257 e. The maximum absolute atomic E-state index is 13.0. The Morgan fingerprint density at radius 2 is 1.67 bits per heavy atom. The summed E-state index contributed by atoms with van der Waals surface area (Å²) in [4.78, 5) is 26.1. The minimum absolute atomic E-state index is 0.267. The van der Waals surface area contributed by atoms with Crippen LogP contribution in [0.3, 0.4) is 0 Å². The number of hydrogen-bond donors (Lipinski definition) is 1. The number of aromatic nitrogens is 4. The second-order valence-electron chi connectivity index (χ2n) is 7.52. The van der Waals surface area contributed by atoms with E-state index in [2.05, 4.69) is 20.3 Å². The molecule has 0 radical (unpaired) electrons. The molecule has 0 saturated carbocycles. The van der Waals surface area contributed by atoms with Crippen LogP contribution in [0, 0.1) is 0 Å². The van der Waals surface area contributed by atoms with Gasteiger partial charge >= 0.3 is 0 Å². The Hall–Kier alpha value is -2.99. The number of nitrogens with zero attached hydrogens (tertiary/aromatic N) is 4. The predicted molar refractivity (Wildman–Crippen MR) is 134 cm³/mol. The number of amides is 1. The molecule has 0 unspecified atom stereocenters. The molecule has 144 valence electrons. The Balaban J connectivity index is 1.71. The van der Waals surface area contributed by atoms with Crippen LogP contribution in [0.25, 0.3) is 22.2 Å². The van der Waals surface area contributed by atoms with E-state index in [1.165, 1.54) is 0 Å². The zero-order valence-electron chi connectivity index (χ0n) is 17.5. The fraction of sp³-hybridized carbons (Fsp3) is 0.0526. The third-order valence-corrected chi connectivity index (χ3v) is 6.23. The lowest BCUT2D eigenvalue weighted by Crippen LogP contribution is -2.50. The van der Waals surface area contributed by atoms with Crippen molar-refractivity contribution in [3.05, 3.63) is 47.6 Å². The topological polar surface area (TPSA) is 72.7 Å². The van der Waals surface area contributed by atoms with E-state index < -0.39 is 0 Å². The van der Waals surface area contributed by atoms with Crippen LogP contribution >= 0.6 is 11.6 Å². The van der Waals surface area contributed by atoms with E-state index in [0.29, 0.717) is 16.4 Å². The summed E-state index contributed by atoms with van der Waals surface area (Å²) in [6.07, 6.45) is 6.97. The fourth-order valence-electron chi connectivity index (χ4n) is 3.57. The number of halogens is 1. The molecule has 1 amide bonds. The lowest BCUT2D eigenvalue weighted by Gasteiger charge is -2.17. The molecule has 0 aliphatic heterocycles. The first-order chi connectivity index (χ1) is 14.3. The zero-order chi connectivity index (χ0) is 21.6. The highest BCUT2D eigenvalue weighted by atomic mass is 35.5. The highest BCUT2D eigenvalue weighted by Gasteiger charge is 2.19. The van der Waals surface area contributed by atoms with Gasteiger partial charge in [0.1, 0.15) is 37.2 Å². The number of hydrogen-bond acceptors (Lipinski definition) is 4. The molecular weight excluding hydrogens is 393 g/mol. The largest absolute Gasteiger partial charge is 0.332 e. The number of imidazole rings is 1. The van der Waals surface area contributed by atoms with Crippen molar-refractivity contribution in [1.82, 2.24) is 19.5 Å². The molecule has 30 heavy (non-hydrogen) atoms. The molecule has 3 heterocycles. The predicted octanol–water partition coefficient (Wildman–Crippen LogP) is -3.03. The maximum Gasteiger partial charge on any atom is 0.257 e. The average molecular weight is 411 g/mol. The quantitative estimate of drug-likeness (QED) is 0.365. The third-order valence-electron chi connectivity index (χ3n) is 5.76. The summed E-state index contributed by atoms with van der Waals surface area (Å²) in [6.45, 7) is 0. The van der Waals surface area contributed by atoms with Crippen molar-refractivity contribution >= 4 is 87.3 Å². The van der Waals surface area contributed by atoms with Gasteiger partial charge in [0, 0.05) is 29.9 Å². The van der Waals surface area contributed by atoms with Crippen LogP contribution in [0.4, 0.5) is 5.82 Å². The highest BCUT2D eigenvalue weighted by Crippen LogP contribution is 2.23. The fourth-order valence-corrected chi connectivity index (χ4v) is 3.94. The first kappa shape index (κ1) is 20.3. The van der Waals surface area contributed by atoms with E-state index in [-0.39, 0.29) is 5.91 Å². The summed E-state index contributed by atoms with van der Waals surface area (Å²) >= 11 is 6.53. The van der Waals surface area contributed by atoms with E-state index in [9.17, 15) is 4.79 Å². The highest BCUT2D eigenvalue weighted by molar-refractivity contribution is 6.66. The molecule has 0 spiro atoms. The minimum Gasteiger partial charge on any atom is -0.332 e. The SMILES string of the molecule is Bc1c(B)c(B)c(C(=O)Nc2cc3cc(-c4cncn4C)ncc3cn2)c(Cl)c1B. The maximum atomic E-state index is 13.0. The van der Waals surface area contributed by atoms with Gasteiger partial charge in [0.25, 0.3) is 5.91 Å². The number of aryl methyl sites for hydroxylation is 1. The van der Waals surface area contributed by atoms with Gasteiger partial charge in [-0.2, -0.15) is 0 Å². The van der Waals surface area contributed by atoms with Gasteiger partial charge in [-0.25, -0.2) is 9.97 Å². The number of fused-ring (bicyclic) bond motifs is 1. The van der Waals surface area contributed by atoms with E-state index in [1.54, 1.807) is 24.9 Å². The van der Waals surface area contributed by atoms with Crippen LogP contribution in [-0.2, 0) is 7.05 Å². The molecule has 4 rings (SSSR count). The van der Waals surface area contributed by atoms with Gasteiger partial charge in [-0.1, -0.05) is 22.5 Å². The van der Waals surface area contributed by atoms with Gasteiger partial charge in [0.15, 0.2) is 0 Å². The molecular formula is C19H18B4ClN5O. The van der Waals surface area contributed by atoms with E-state index in [4.69, 9.17) is 11.6 Å². The number of benzene rings is 1. The van der Waals surface area contributed by atoms with Crippen molar-refractivity contribution in [3.63, 3.8) is 0 Å². The summed E-state index contributed by atoms with van der Waals surface area (Å²) in [6, 6.07) is 3.80. The second-order valence-corrected chi connectivity index (χ2v) is 7.90. The summed E-state index contributed by atoms with van der Waals surface area (Å²) in [5.41, 5.74) is 6.17. The van der Waals surface area contributed by atoms with Crippen molar-refractivity contribution in [3.8, 4) is 11.4 Å². The Morgan fingerprint density at radius 3 is 2.37 bits per heavy atom. The molecule has 0 atom stereocenters. The van der Waals surface area contributed by atoms with Crippen LogP contribution in [0.5, 0.6) is 0 Å². The summed E-state index contributed by atoms with van der Waals surface area (Å²) < 4.78 is 1.91. The first-order valence-corrected chi connectivity index (χ1v) is 9.95. The van der Waals surface area contributed by atoms with Crippen LogP contribution in [0.2, 0.25) is 5.02 Å². The summed E-state index contributed by atoms with van der Waals surface area (Å²) in [5.74, 6) is 0.192. The molecule has 0 aliphatic rings. The molecule has 0 aliphatic carbocycles. The van der Waals surface area contributed by atoms with E-state index in [0.717, 1.165) is 44.0 Å². The Bertz CT molecular complexity index is 1300. The monoisotopic (exact) mass is 411 g/mol. The second kappa shape index (κ2) is 7.69. The summed E-state index contributed by atoms with van der Waals surface area (Å²) in [7, 11) is 9.80. The van der Waals surface area contributed by atoms with E-state index >= 15 is 0 Å². The van der Waals surface area contributed by atoms with Crippen molar-refractivity contribution < 1.29 is 4.79 Å². The zero-order valence-corrected chi connectivity index (χ0v) is 18.3. The lowest BCUT2D eigenvalue weighted by atomic mass is 9.65. The number of pyridine rings is 2. The lowest BCUT2D eigenvalue weighted by molar-refractivity contribution is 0.102. The van der Waals surface area contributed by atoms with Gasteiger partial charge < -0.3 is 9.88 Å². The third kappa shape index (κ3) is 3.41.